The summed E-state index contributed by atoms with van der Waals surface area (Å²) in [6, 6.07) is 14.7. The van der Waals surface area contributed by atoms with Gasteiger partial charge in [0.1, 0.15) is 0 Å². The smallest absolute Gasteiger partial charge is 1.00 e. The molecule has 7 rings (SSSR count). The minimum absolute atomic E-state index is 0. The average molecular weight is 577 g/mol. The molecule has 1 aliphatic heterocycles. The van der Waals surface area contributed by atoms with Gasteiger partial charge < -0.3 is 24.8 Å². The number of rotatable bonds is 4. The summed E-state index contributed by atoms with van der Waals surface area (Å²) in [7, 11) is 0. The van der Waals surface area contributed by atoms with E-state index in [-0.39, 0.29) is 24.8 Å². The third-order valence-corrected chi connectivity index (χ3v) is 19.7. The fourth-order valence-electron chi connectivity index (χ4n) is 6.85. The summed E-state index contributed by atoms with van der Waals surface area (Å²) in [6.45, 7) is 4.58. The predicted octanol–water partition coefficient (Wildman–Crippen LogP) is 2.39. The molecule has 1 heterocycles. The van der Waals surface area contributed by atoms with E-state index in [0.29, 0.717) is 11.8 Å². The first kappa shape index (κ1) is 25.0. The Morgan fingerprint density at radius 1 is 0.657 bits per heavy atom. The summed E-state index contributed by atoms with van der Waals surface area (Å²) < 4.78 is 6.59. The van der Waals surface area contributed by atoms with Gasteiger partial charge in [-0.05, 0) is 0 Å². The molecule has 2 aromatic rings. The van der Waals surface area contributed by atoms with Crippen LogP contribution in [0.4, 0.5) is 0 Å². The Morgan fingerprint density at radius 3 is 1.51 bits per heavy atom. The summed E-state index contributed by atoms with van der Waals surface area (Å²) in [4.78, 5) is 0. The van der Waals surface area contributed by atoms with Gasteiger partial charge in [-0.25, -0.2) is 0 Å². The Balaban J connectivity index is 0.00000127. The minimum atomic E-state index is -2.78. The van der Waals surface area contributed by atoms with E-state index in [1.165, 1.54) is 19.4 Å². The monoisotopic (exact) mass is 574 g/mol. The van der Waals surface area contributed by atoms with Gasteiger partial charge in [-0.1, -0.05) is 0 Å². The van der Waals surface area contributed by atoms with Crippen LogP contribution >= 0.6 is 0 Å². The Kier molecular flexibility index (Phi) is 6.67. The van der Waals surface area contributed by atoms with Gasteiger partial charge in [0.2, 0.25) is 0 Å². The van der Waals surface area contributed by atoms with Crippen LogP contribution in [0.5, 0.6) is 0 Å². The van der Waals surface area contributed by atoms with Gasteiger partial charge in [-0.3, -0.25) is 0 Å². The van der Waals surface area contributed by atoms with Crippen molar-refractivity contribution in [3.8, 4) is 0 Å². The maximum absolute atomic E-state index is 2.78. The van der Waals surface area contributed by atoms with Crippen molar-refractivity contribution in [2.24, 2.45) is 0 Å². The molecule has 4 aliphatic carbocycles. The number of aryl methyl sites for hydroxylation is 2. The van der Waals surface area contributed by atoms with Crippen LogP contribution in [-0.4, -0.2) is 0 Å². The zero-order valence-corrected chi connectivity index (χ0v) is 24.3. The van der Waals surface area contributed by atoms with Gasteiger partial charge in [0, 0.05) is 0 Å². The Labute approximate surface area is 226 Å². The summed E-state index contributed by atoms with van der Waals surface area (Å²) >= 11 is -2.78. The molecule has 0 N–H and O–H groups in total. The van der Waals surface area contributed by atoms with Gasteiger partial charge in [0.15, 0.2) is 0 Å². The molecule has 1 saturated heterocycles. The first-order valence-electron chi connectivity index (χ1n) is 12.7. The van der Waals surface area contributed by atoms with Crippen LogP contribution in [0.25, 0.3) is 6.56 Å². The molecule has 2 unspecified atom stereocenters. The molecular weight excluding hydrogens is 546 g/mol. The average Bonchev–Trinajstić information content (AvgIpc) is 3.48. The molecule has 0 saturated carbocycles. The van der Waals surface area contributed by atoms with E-state index in [1.807, 2.05) is 6.56 Å². The fraction of sp³-hybridized carbons (Fsp3) is 0.250. The van der Waals surface area contributed by atoms with E-state index < -0.39 is 20.3 Å². The maximum atomic E-state index is 2.56. The quantitative estimate of drug-likeness (QED) is 0.525. The molecule has 2 atom stereocenters. The SMILES string of the molecule is CCc1ccc2c(c1)[C]([Zr+2]1([C]3=C4C=CC=CC4c4ccc(CC)cc43)[CH2][CH2]1)=C1C=CC=CC12.[Cl-].[Cl-]. The van der Waals surface area contributed by atoms with Gasteiger partial charge in [-0.15, -0.1) is 0 Å². The number of hydrogen-bond acceptors (Lipinski definition) is 0. The molecule has 0 radical (unpaired) electrons. The van der Waals surface area contributed by atoms with Crippen molar-refractivity contribution in [3.63, 3.8) is 0 Å². The van der Waals surface area contributed by atoms with Crippen LogP contribution in [0.15, 0.2) is 96.2 Å². The number of halogens is 2. The van der Waals surface area contributed by atoms with Crippen molar-refractivity contribution in [2.75, 3.05) is 0 Å². The molecule has 176 valence electrons. The predicted molar refractivity (Wildman–Crippen MR) is 137 cm³/mol. The minimum Gasteiger partial charge on any atom is -1.00 e. The van der Waals surface area contributed by atoms with Gasteiger partial charge in [-0.2, -0.15) is 0 Å². The molecule has 35 heavy (non-hydrogen) atoms. The third-order valence-electron chi connectivity index (χ3n) is 8.60. The third kappa shape index (κ3) is 3.57. The second-order valence-electron chi connectivity index (χ2n) is 10.2. The van der Waals surface area contributed by atoms with Crippen molar-refractivity contribution in [1.29, 1.82) is 0 Å². The summed E-state index contributed by atoms with van der Waals surface area (Å²) in [5, 5.41) is 0. The van der Waals surface area contributed by atoms with E-state index >= 15 is 0 Å². The molecule has 3 heteroatoms. The van der Waals surface area contributed by atoms with Crippen molar-refractivity contribution >= 4 is 6.56 Å². The standard InChI is InChI=1S/2C15H13.C2H4.2ClH.Zr/c2*1-2-11-7-8-15-13(9-11)10-12-5-3-4-6-14(12)15;1-2;;;/h2*3-9,14H,2H2,1H3;1-2H2;2*1H;/q;;;;;+2/p-2. The van der Waals surface area contributed by atoms with E-state index in [0.717, 1.165) is 12.8 Å². The van der Waals surface area contributed by atoms with E-state index in [1.54, 1.807) is 33.4 Å². The first-order chi connectivity index (χ1) is 16.2. The molecule has 0 spiro atoms. The topological polar surface area (TPSA) is 0 Å². The Morgan fingerprint density at radius 2 is 1.11 bits per heavy atom. The fourth-order valence-corrected chi connectivity index (χ4v) is 21.7. The molecule has 1 fully saturated rings. The summed E-state index contributed by atoms with van der Waals surface area (Å²) in [5.74, 6) is 0.928. The van der Waals surface area contributed by atoms with Crippen LogP contribution < -0.4 is 24.8 Å². The molecule has 0 amide bonds. The largest absolute Gasteiger partial charge is 1.00 e. The Bertz CT molecular complexity index is 1290. The number of hydrogen-bond donors (Lipinski definition) is 0. The zero-order chi connectivity index (χ0) is 22.2. The van der Waals surface area contributed by atoms with Crippen LogP contribution in [0.1, 0.15) is 59.1 Å². The van der Waals surface area contributed by atoms with E-state index in [9.17, 15) is 0 Å². The van der Waals surface area contributed by atoms with Gasteiger partial charge in [0.25, 0.3) is 0 Å². The summed E-state index contributed by atoms with van der Waals surface area (Å²) in [6.07, 6.45) is 21.1. The molecular formula is C32H30Cl2Zr. The number of fused-ring (bicyclic) bond motifs is 6. The molecule has 0 bridgehead atoms. The van der Waals surface area contributed by atoms with Crippen LogP contribution in [-0.2, 0) is 33.1 Å². The molecule has 5 aliphatic rings. The molecule has 0 nitrogen and oxygen atoms in total. The van der Waals surface area contributed by atoms with Crippen molar-refractivity contribution in [1.82, 2.24) is 0 Å². The molecule has 0 aromatic heterocycles. The maximum Gasteiger partial charge on any atom is -1.00 e. The van der Waals surface area contributed by atoms with E-state index in [4.69, 9.17) is 0 Å². The van der Waals surface area contributed by atoms with Crippen molar-refractivity contribution in [3.05, 3.63) is 130 Å². The molecule has 2 aromatic carbocycles. The van der Waals surface area contributed by atoms with Crippen molar-refractivity contribution < 1.29 is 45.1 Å². The normalized spacial score (nSPS) is 22.5. The van der Waals surface area contributed by atoms with Crippen LogP contribution in [0.3, 0.4) is 0 Å². The van der Waals surface area contributed by atoms with Crippen LogP contribution in [0.2, 0.25) is 8.26 Å². The van der Waals surface area contributed by atoms with Crippen LogP contribution in [0, 0.1) is 0 Å². The summed E-state index contributed by atoms with van der Waals surface area (Å²) in [5.41, 5.74) is 12.6. The second kappa shape index (κ2) is 9.33. The number of benzene rings is 2. The Hall–Kier alpha value is -1.66. The number of allylic oxidation sites excluding steroid dienone is 10. The zero-order valence-electron chi connectivity index (χ0n) is 20.3. The second-order valence-corrected chi connectivity index (χ2v) is 20.5. The van der Waals surface area contributed by atoms with Gasteiger partial charge >= 0.3 is 203 Å². The van der Waals surface area contributed by atoms with E-state index in [2.05, 4.69) is 98.9 Å². The first-order valence-corrected chi connectivity index (χ1v) is 18.6. The van der Waals surface area contributed by atoms with Gasteiger partial charge in [0.05, 0.1) is 0 Å². The van der Waals surface area contributed by atoms with Crippen molar-refractivity contribution in [2.45, 2.75) is 46.8 Å².